The lowest BCUT2D eigenvalue weighted by atomic mass is 10.0. The Morgan fingerprint density at radius 2 is 2.21 bits per heavy atom. The Morgan fingerprint density at radius 1 is 1.37 bits per heavy atom. The monoisotopic (exact) mass is 278 g/mol. The number of aromatic nitrogens is 1. The van der Waals surface area contributed by atoms with Crippen molar-refractivity contribution in [1.82, 2.24) is 10.3 Å². The molecule has 0 radical (unpaired) electrons. The van der Waals surface area contributed by atoms with Crippen molar-refractivity contribution < 1.29 is 9.15 Å². The molecule has 4 nitrogen and oxygen atoms in total. The number of halogens is 1. The normalized spacial score (nSPS) is 20.4. The molecule has 1 aromatic heterocycles. The highest BCUT2D eigenvalue weighted by molar-refractivity contribution is 6.30. The summed E-state index contributed by atoms with van der Waals surface area (Å²) in [5.74, 6) is 1.78. The Morgan fingerprint density at radius 3 is 2.84 bits per heavy atom. The number of nitrogens with one attached hydrogen (secondary N) is 1. The van der Waals surface area contributed by atoms with Gasteiger partial charge in [0.15, 0.2) is 6.10 Å². The molecular formula is C14H15ClN2O2. The summed E-state index contributed by atoms with van der Waals surface area (Å²) in [4.78, 5) is 4.23. The highest BCUT2D eigenvalue weighted by Crippen LogP contribution is 2.31. The van der Waals surface area contributed by atoms with Crippen molar-refractivity contribution in [3.63, 3.8) is 0 Å². The molecular weight excluding hydrogens is 264 g/mol. The summed E-state index contributed by atoms with van der Waals surface area (Å²) < 4.78 is 11.5. The number of hydrogen-bond acceptors (Lipinski definition) is 4. The minimum Gasteiger partial charge on any atom is -0.480 e. The lowest BCUT2D eigenvalue weighted by Crippen LogP contribution is -2.21. The van der Waals surface area contributed by atoms with Crippen molar-refractivity contribution in [1.29, 1.82) is 0 Å². The Labute approximate surface area is 116 Å². The van der Waals surface area contributed by atoms with E-state index < -0.39 is 0 Å². The van der Waals surface area contributed by atoms with Gasteiger partial charge in [-0.3, -0.25) is 0 Å². The van der Waals surface area contributed by atoms with E-state index in [1.807, 2.05) is 24.3 Å². The van der Waals surface area contributed by atoms with Gasteiger partial charge < -0.3 is 14.5 Å². The number of rotatable bonds is 4. The average molecular weight is 279 g/mol. The minimum atomic E-state index is -0.161. The standard InChI is InChI=1S/C14H15ClN2O2/c15-11-1-3-12(4-2-11)19-13(10-5-6-16-9-10)14-17-7-8-18-14/h1-4,7-8,10,13,16H,5-6,9H2/t10-,13?/m0/s1. The van der Waals surface area contributed by atoms with E-state index in [0.29, 0.717) is 16.8 Å². The fraction of sp³-hybridized carbons (Fsp3) is 0.357. The fourth-order valence-corrected chi connectivity index (χ4v) is 2.44. The number of nitrogens with zero attached hydrogens (tertiary/aromatic N) is 1. The predicted molar refractivity (Wildman–Crippen MR) is 72.3 cm³/mol. The van der Waals surface area contributed by atoms with E-state index in [1.54, 1.807) is 12.5 Å². The Hall–Kier alpha value is -1.52. The molecule has 1 aliphatic heterocycles. The topological polar surface area (TPSA) is 47.3 Å². The first-order valence-electron chi connectivity index (χ1n) is 6.35. The lowest BCUT2D eigenvalue weighted by Gasteiger charge is -2.21. The molecule has 2 aromatic rings. The van der Waals surface area contributed by atoms with Gasteiger partial charge in [0.25, 0.3) is 0 Å². The van der Waals surface area contributed by atoms with Gasteiger partial charge in [-0.2, -0.15) is 0 Å². The van der Waals surface area contributed by atoms with E-state index in [4.69, 9.17) is 20.8 Å². The molecule has 19 heavy (non-hydrogen) atoms. The van der Waals surface area contributed by atoms with Crippen LogP contribution in [0.25, 0.3) is 0 Å². The van der Waals surface area contributed by atoms with Crippen LogP contribution < -0.4 is 10.1 Å². The maximum absolute atomic E-state index is 6.04. The molecule has 1 aromatic carbocycles. The van der Waals surface area contributed by atoms with E-state index in [0.717, 1.165) is 25.3 Å². The molecule has 1 unspecified atom stereocenters. The first kappa shape index (κ1) is 12.5. The molecule has 1 N–H and O–H groups in total. The highest BCUT2D eigenvalue weighted by Gasteiger charge is 2.31. The second-order valence-electron chi connectivity index (χ2n) is 4.62. The SMILES string of the molecule is Clc1ccc(OC(c2ncco2)[C@H]2CCNC2)cc1. The predicted octanol–water partition coefficient (Wildman–Crippen LogP) is 3.06. The quantitative estimate of drug-likeness (QED) is 0.934. The maximum Gasteiger partial charge on any atom is 0.235 e. The van der Waals surface area contributed by atoms with Crippen LogP contribution in [0.3, 0.4) is 0 Å². The molecule has 0 aliphatic carbocycles. The summed E-state index contributed by atoms with van der Waals surface area (Å²) in [6.07, 6.45) is 4.12. The van der Waals surface area contributed by atoms with Crippen LogP contribution in [0.4, 0.5) is 0 Å². The first-order valence-corrected chi connectivity index (χ1v) is 6.73. The van der Waals surface area contributed by atoms with Gasteiger partial charge in [0.2, 0.25) is 5.89 Å². The summed E-state index contributed by atoms with van der Waals surface area (Å²) in [5.41, 5.74) is 0. The van der Waals surface area contributed by atoms with E-state index >= 15 is 0 Å². The van der Waals surface area contributed by atoms with Crippen molar-refractivity contribution in [2.24, 2.45) is 5.92 Å². The zero-order valence-corrected chi connectivity index (χ0v) is 11.1. The van der Waals surface area contributed by atoms with Gasteiger partial charge >= 0.3 is 0 Å². The van der Waals surface area contributed by atoms with Gasteiger partial charge in [0.05, 0.1) is 6.20 Å². The number of hydrogen-bond donors (Lipinski definition) is 1. The van der Waals surface area contributed by atoms with Gasteiger partial charge in [0, 0.05) is 17.5 Å². The van der Waals surface area contributed by atoms with Crippen molar-refractivity contribution in [2.75, 3.05) is 13.1 Å². The van der Waals surface area contributed by atoms with Gasteiger partial charge in [-0.05, 0) is 37.2 Å². The Kier molecular flexibility index (Phi) is 3.71. The summed E-state index contributed by atoms with van der Waals surface area (Å²) in [6.45, 7) is 1.92. The molecule has 100 valence electrons. The zero-order chi connectivity index (χ0) is 13.1. The van der Waals surface area contributed by atoms with Crippen LogP contribution in [0.2, 0.25) is 5.02 Å². The summed E-state index contributed by atoms with van der Waals surface area (Å²) in [7, 11) is 0. The van der Waals surface area contributed by atoms with Crippen LogP contribution in [0.15, 0.2) is 41.1 Å². The van der Waals surface area contributed by atoms with Crippen LogP contribution >= 0.6 is 11.6 Å². The minimum absolute atomic E-state index is 0.161. The van der Waals surface area contributed by atoms with E-state index in [-0.39, 0.29) is 6.10 Å². The van der Waals surface area contributed by atoms with Crippen molar-refractivity contribution in [2.45, 2.75) is 12.5 Å². The molecule has 0 amide bonds. The molecule has 1 fully saturated rings. The van der Waals surface area contributed by atoms with E-state index in [9.17, 15) is 0 Å². The van der Waals surface area contributed by atoms with Crippen molar-refractivity contribution in [3.05, 3.63) is 47.6 Å². The summed E-state index contributed by atoms with van der Waals surface area (Å²) in [6, 6.07) is 7.36. The van der Waals surface area contributed by atoms with Crippen molar-refractivity contribution in [3.8, 4) is 5.75 Å². The summed E-state index contributed by atoms with van der Waals surface area (Å²) >= 11 is 5.88. The van der Waals surface area contributed by atoms with E-state index in [1.165, 1.54) is 0 Å². The largest absolute Gasteiger partial charge is 0.480 e. The Balaban J connectivity index is 1.81. The second-order valence-corrected chi connectivity index (χ2v) is 5.05. The third kappa shape index (κ3) is 2.91. The van der Waals surface area contributed by atoms with Crippen LogP contribution in [0.5, 0.6) is 5.75 Å². The lowest BCUT2D eigenvalue weighted by molar-refractivity contribution is 0.114. The molecule has 2 heterocycles. The van der Waals surface area contributed by atoms with Gasteiger partial charge in [0.1, 0.15) is 12.0 Å². The molecule has 3 rings (SSSR count). The summed E-state index contributed by atoms with van der Waals surface area (Å²) in [5, 5.41) is 4.04. The van der Waals surface area contributed by atoms with Gasteiger partial charge in [-0.1, -0.05) is 11.6 Å². The number of benzene rings is 1. The third-order valence-electron chi connectivity index (χ3n) is 3.30. The van der Waals surface area contributed by atoms with Crippen LogP contribution in [0.1, 0.15) is 18.4 Å². The number of ether oxygens (including phenoxy) is 1. The van der Waals surface area contributed by atoms with Gasteiger partial charge in [-0.15, -0.1) is 0 Å². The fourth-order valence-electron chi connectivity index (χ4n) is 2.32. The second kappa shape index (κ2) is 5.63. The molecule has 1 saturated heterocycles. The molecule has 5 heteroatoms. The molecule has 0 bridgehead atoms. The zero-order valence-electron chi connectivity index (χ0n) is 10.4. The maximum atomic E-state index is 6.04. The van der Waals surface area contributed by atoms with Gasteiger partial charge in [-0.25, -0.2) is 4.98 Å². The number of oxazole rings is 1. The molecule has 0 saturated carbocycles. The third-order valence-corrected chi connectivity index (χ3v) is 3.55. The van der Waals surface area contributed by atoms with Crippen LogP contribution in [-0.4, -0.2) is 18.1 Å². The van der Waals surface area contributed by atoms with Crippen LogP contribution in [-0.2, 0) is 0 Å². The Bertz CT molecular complexity index is 507. The van der Waals surface area contributed by atoms with Crippen molar-refractivity contribution >= 4 is 11.6 Å². The molecule has 1 aliphatic rings. The smallest absolute Gasteiger partial charge is 0.235 e. The van der Waals surface area contributed by atoms with E-state index in [2.05, 4.69) is 10.3 Å². The molecule has 2 atom stereocenters. The van der Waals surface area contributed by atoms with Crippen LogP contribution in [0, 0.1) is 5.92 Å². The molecule has 0 spiro atoms. The average Bonchev–Trinajstić information content (AvgIpc) is 3.11. The first-order chi connectivity index (χ1) is 9.33. The highest BCUT2D eigenvalue weighted by atomic mass is 35.5.